The summed E-state index contributed by atoms with van der Waals surface area (Å²) in [6.45, 7) is 3.01. The van der Waals surface area contributed by atoms with Gasteiger partial charge in [-0.1, -0.05) is 60.2 Å². The van der Waals surface area contributed by atoms with E-state index < -0.39 is 0 Å². The van der Waals surface area contributed by atoms with E-state index in [0.717, 1.165) is 33.7 Å². The van der Waals surface area contributed by atoms with E-state index in [-0.39, 0.29) is 17.7 Å². The van der Waals surface area contributed by atoms with Crippen LogP contribution in [0.2, 0.25) is 0 Å². The van der Waals surface area contributed by atoms with Gasteiger partial charge in [0.1, 0.15) is 12.4 Å². The molecule has 1 heterocycles. The number of benzene rings is 3. The molecule has 2 amide bonds. The number of ether oxygens (including phenoxy) is 2. The van der Waals surface area contributed by atoms with Crippen molar-refractivity contribution in [2.24, 2.45) is 0 Å². The lowest BCUT2D eigenvalue weighted by atomic mass is 10.0. The second-order valence-corrected chi connectivity index (χ2v) is 8.29. The molecule has 3 aromatic rings. The van der Waals surface area contributed by atoms with E-state index in [9.17, 15) is 9.59 Å². The first kappa shape index (κ1) is 21.2. The Morgan fingerprint density at radius 3 is 2.55 bits per heavy atom. The van der Waals surface area contributed by atoms with E-state index in [1.165, 1.54) is 10.5 Å². The second kappa shape index (κ2) is 9.37. The number of carbonyl (C=O) groups is 2. The number of thioether (sulfide) groups is 1. The SMILES string of the molecule is COCCN1C(=O)S/C(=C/c2c(OCc3ccc(C)cc3)ccc3ccccc23)C1=O. The van der Waals surface area contributed by atoms with Crippen molar-refractivity contribution in [3.8, 4) is 5.75 Å². The summed E-state index contributed by atoms with van der Waals surface area (Å²) >= 11 is 0.948. The predicted molar refractivity (Wildman–Crippen MR) is 124 cm³/mol. The van der Waals surface area contributed by atoms with Crippen LogP contribution in [0.1, 0.15) is 16.7 Å². The lowest BCUT2D eigenvalue weighted by Gasteiger charge is -2.13. The summed E-state index contributed by atoms with van der Waals surface area (Å²) in [5, 5.41) is 1.72. The zero-order chi connectivity index (χ0) is 21.8. The Hall–Kier alpha value is -3.09. The van der Waals surface area contributed by atoms with Crippen molar-refractivity contribution >= 4 is 39.8 Å². The summed E-state index contributed by atoms with van der Waals surface area (Å²) < 4.78 is 11.2. The fourth-order valence-corrected chi connectivity index (χ4v) is 4.25. The van der Waals surface area contributed by atoms with Crippen molar-refractivity contribution < 1.29 is 19.1 Å². The van der Waals surface area contributed by atoms with Gasteiger partial charge in [-0.05, 0) is 47.2 Å². The van der Waals surface area contributed by atoms with Crippen molar-refractivity contribution in [1.82, 2.24) is 4.90 Å². The van der Waals surface area contributed by atoms with Gasteiger partial charge >= 0.3 is 0 Å². The average molecular weight is 434 g/mol. The summed E-state index contributed by atoms with van der Waals surface area (Å²) in [5.41, 5.74) is 3.05. The summed E-state index contributed by atoms with van der Waals surface area (Å²) in [6.07, 6.45) is 1.77. The number of hydrogen-bond donors (Lipinski definition) is 0. The van der Waals surface area contributed by atoms with Crippen LogP contribution in [0.4, 0.5) is 4.79 Å². The van der Waals surface area contributed by atoms with Gasteiger partial charge in [0.25, 0.3) is 11.1 Å². The first-order valence-corrected chi connectivity index (χ1v) is 10.8. The molecule has 1 fully saturated rings. The monoisotopic (exact) mass is 433 g/mol. The van der Waals surface area contributed by atoms with E-state index in [1.54, 1.807) is 13.2 Å². The summed E-state index contributed by atoms with van der Waals surface area (Å²) in [4.78, 5) is 26.7. The lowest BCUT2D eigenvalue weighted by molar-refractivity contribution is -0.123. The van der Waals surface area contributed by atoms with Gasteiger partial charge < -0.3 is 9.47 Å². The van der Waals surface area contributed by atoms with Crippen molar-refractivity contribution in [1.29, 1.82) is 0 Å². The van der Waals surface area contributed by atoms with Gasteiger partial charge in [0.05, 0.1) is 18.1 Å². The van der Waals surface area contributed by atoms with E-state index in [2.05, 4.69) is 12.1 Å². The molecule has 0 N–H and O–H groups in total. The van der Waals surface area contributed by atoms with Crippen LogP contribution in [0.15, 0.2) is 65.6 Å². The van der Waals surface area contributed by atoms with Crippen LogP contribution in [0, 0.1) is 6.92 Å². The molecule has 0 aliphatic carbocycles. The molecule has 158 valence electrons. The molecule has 31 heavy (non-hydrogen) atoms. The number of carbonyl (C=O) groups excluding carboxylic acids is 2. The Labute approximate surface area is 185 Å². The van der Waals surface area contributed by atoms with Crippen LogP contribution in [0.3, 0.4) is 0 Å². The van der Waals surface area contributed by atoms with Gasteiger partial charge in [-0.2, -0.15) is 0 Å². The number of methoxy groups -OCH3 is 1. The highest BCUT2D eigenvalue weighted by Crippen LogP contribution is 2.37. The van der Waals surface area contributed by atoms with E-state index in [0.29, 0.717) is 23.9 Å². The molecule has 1 aliphatic rings. The van der Waals surface area contributed by atoms with Gasteiger partial charge in [-0.15, -0.1) is 0 Å². The Bertz CT molecular complexity index is 1150. The number of rotatable bonds is 7. The Morgan fingerprint density at radius 1 is 1.00 bits per heavy atom. The number of fused-ring (bicyclic) bond motifs is 1. The van der Waals surface area contributed by atoms with Crippen LogP contribution < -0.4 is 4.74 Å². The van der Waals surface area contributed by atoms with Crippen molar-refractivity contribution in [3.63, 3.8) is 0 Å². The Balaban J connectivity index is 1.69. The van der Waals surface area contributed by atoms with Crippen LogP contribution in [-0.4, -0.2) is 36.3 Å². The fraction of sp³-hybridized carbons (Fsp3) is 0.200. The third-order valence-corrected chi connectivity index (χ3v) is 6.02. The molecule has 1 saturated heterocycles. The molecule has 0 aromatic heterocycles. The first-order valence-electron chi connectivity index (χ1n) is 10.0. The van der Waals surface area contributed by atoms with Crippen molar-refractivity contribution in [2.45, 2.75) is 13.5 Å². The predicted octanol–water partition coefficient (Wildman–Crippen LogP) is 5.41. The topological polar surface area (TPSA) is 55.8 Å². The first-order chi connectivity index (χ1) is 15.1. The molecule has 1 aliphatic heterocycles. The minimum Gasteiger partial charge on any atom is -0.488 e. The second-order valence-electron chi connectivity index (χ2n) is 7.30. The van der Waals surface area contributed by atoms with Crippen molar-refractivity contribution in [2.75, 3.05) is 20.3 Å². The maximum absolute atomic E-state index is 12.8. The van der Waals surface area contributed by atoms with Crippen molar-refractivity contribution in [3.05, 3.63) is 82.3 Å². The maximum atomic E-state index is 12.8. The molecule has 0 atom stereocenters. The van der Waals surface area contributed by atoms with E-state index >= 15 is 0 Å². The van der Waals surface area contributed by atoms with E-state index in [1.807, 2.05) is 55.5 Å². The van der Waals surface area contributed by atoms with Crippen LogP contribution in [-0.2, 0) is 16.1 Å². The lowest BCUT2D eigenvalue weighted by Crippen LogP contribution is -2.31. The summed E-state index contributed by atoms with van der Waals surface area (Å²) in [7, 11) is 1.54. The average Bonchev–Trinajstić information content (AvgIpc) is 3.05. The number of aryl methyl sites for hydroxylation is 1. The molecular formula is C25H23NO4S. The minimum absolute atomic E-state index is 0.241. The van der Waals surface area contributed by atoms with Gasteiger partial charge in [-0.25, -0.2) is 0 Å². The molecule has 0 bridgehead atoms. The highest BCUT2D eigenvalue weighted by atomic mass is 32.2. The Kier molecular flexibility index (Phi) is 6.39. The molecule has 4 rings (SSSR count). The maximum Gasteiger partial charge on any atom is 0.293 e. The third kappa shape index (κ3) is 4.65. The van der Waals surface area contributed by atoms with Crippen LogP contribution in [0.5, 0.6) is 5.75 Å². The molecule has 0 spiro atoms. The number of hydrogen-bond acceptors (Lipinski definition) is 5. The zero-order valence-electron chi connectivity index (χ0n) is 17.5. The molecule has 0 saturated carbocycles. The molecule has 0 radical (unpaired) electrons. The summed E-state index contributed by atoms with van der Waals surface area (Å²) in [6, 6.07) is 20.0. The number of imide groups is 1. The fourth-order valence-electron chi connectivity index (χ4n) is 3.40. The quantitative estimate of drug-likeness (QED) is 0.466. The highest BCUT2D eigenvalue weighted by Gasteiger charge is 2.35. The van der Waals surface area contributed by atoms with Gasteiger partial charge in [-0.3, -0.25) is 14.5 Å². The molecule has 5 nitrogen and oxygen atoms in total. The molecule has 6 heteroatoms. The molecule has 0 unspecified atom stereocenters. The number of amides is 2. The molecular weight excluding hydrogens is 410 g/mol. The van der Waals surface area contributed by atoms with Gasteiger partial charge in [0, 0.05) is 12.7 Å². The van der Waals surface area contributed by atoms with Gasteiger partial charge in [0.15, 0.2) is 0 Å². The minimum atomic E-state index is -0.301. The largest absolute Gasteiger partial charge is 0.488 e. The Morgan fingerprint density at radius 2 is 1.77 bits per heavy atom. The van der Waals surface area contributed by atoms with E-state index in [4.69, 9.17) is 9.47 Å². The standard InChI is InChI=1S/C25H23NO4S/c1-17-7-9-18(10-8-17)16-30-22-12-11-19-5-3-4-6-20(19)21(22)15-23-24(27)26(13-14-29-2)25(28)31-23/h3-12,15H,13-14,16H2,1-2H3/b23-15+. The molecule has 3 aromatic carbocycles. The number of nitrogens with zero attached hydrogens (tertiary/aromatic N) is 1. The normalized spacial score (nSPS) is 15.3. The smallest absolute Gasteiger partial charge is 0.293 e. The highest BCUT2D eigenvalue weighted by molar-refractivity contribution is 8.18. The third-order valence-electron chi connectivity index (χ3n) is 5.11. The zero-order valence-corrected chi connectivity index (χ0v) is 18.3. The van der Waals surface area contributed by atoms with Crippen LogP contribution in [0.25, 0.3) is 16.8 Å². The van der Waals surface area contributed by atoms with Crippen LogP contribution >= 0.6 is 11.8 Å². The van der Waals surface area contributed by atoms with Gasteiger partial charge in [0.2, 0.25) is 0 Å². The summed E-state index contributed by atoms with van der Waals surface area (Å²) in [5.74, 6) is 0.368.